The maximum Gasteiger partial charge on any atom is 0.227 e. The third-order valence-electron chi connectivity index (χ3n) is 4.76. The van der Waals surface area contributed by atoms with Crippen molar-refractivity contribution in [2.24, 2.45) is 5.41 Å². The summed E-state index contributed by atoms with van der Waals surface area (Å²) in [6.07, 6.45) is 0.890. The fourth-order valence-corrected chi connectivity index (χ4v) is 3.36. The molecule has 0 spiro atoms. The number of hydrogen-bond donors (Lipinski definition) is 1. The third-order valence-corrected chi connectivity index (χ3v) is 4.76. The van der Waals surface area contributed by atoms with Gasteiger partial charge in [0.05, 0.1) is 6.42 Å². The highest BCUT2D eigenvalue weighted by atomic mass is 16.2. The van der Waals surface area contributed by atoms with Crippen LogP contribution in [0.3, 0.4) is 0 Å². The van der Waals surface area contributed by atoms with Gasteiger partial charge in [-0.1, -0.05) is 39.8 Å². The monoisotopic (exact) mass is 359 g/mol. The molecule has 5 nitrogen and oxygen atoms in total. The Kier molecular flexibility index (Phi) is 6.81. The van der Waals surface area contributed by atoms with Crippen LogP contribution in [0.15, 0.2) is 24.3 Å². The number of likely N-dealkylation sites (N-methyl/N-ethyl adjacent to an activating group) is 1. The van der Waals surface area contributed by atoms with E-state index < -0.39 is 0 Å². The Balaban J connectivity index is 1.88. The maximum absolute atomic E-state index is 12.6. The molecule has 0 radical (unpaired) electrons. The predicted molar refractivity (Wildman–Crippen MR) is 106 cm³/mol. The van der Waals surface area contributed by atoms with Gasteiger partial charge in [0.2, 0.25) is 11.8 Å². The average Bonchev–Trinajstić information content (AvgIpc) is 2.54. The number of rotatable bonds is 5. The van der Waals surface area contributed by atoms with Crippen LogP contribution in [0, 0.1) is 5.41 Å². The quantitative estimate of drug-likeness (QED) is 0.879. The second-order valence-electron chi connectivity index (χ2n) is 8.49. The maximum atomic E-state index is 12.6. The molecule has 2 amide bonds. The van der Waals surface area contributed by atoms with Crippen molar-refractivity contribution >= 4 is 17.5 Å². The van der Waals surface area contributed by atoms with E-state index in [9.17, 15) is 9.59 Å². The molecule has 1 aliphatic heterocycles. The van der Waals surface area contributed by atoms with Crippen LogP contribution < -0.4 is 5.32 Å². The molecule has 1 aromatic carbocycles. The lowest BCUT2D eigenvalue weighted by atomic mass is 9.92. The van der Waals surface area contributed by atoms with E-state index >= 15 is 0 Å². The Morgan fingerprint density at radius 1 is 1.15 bits per heavy atom. The van der Waals surface area contributed by atoms with E-state index in [4.69, 9.17) is 0 Å². The first-order valence-electron chi connectivity index (χ1n) is 9.58. The Bertz CT molecular complexity index is 619. The minimum atomic E-state index is -0.0328. The summed E-state index contributed by atoms with van der Waals surface area (Å²) < 4.78 is 0. The molecule has 5 heteroatoms. The zero-order chi connectivity index (χ0) is 19.3. The Morgan fingerprint density at radius 3 is 2.35 bits per heavy atom. The van der Waals surface area contributed by atoms with Gasteiger partial charge >= 0.3 is 0 Å². The number of piperazine rings is 1. The molecule has 1 aromatic rings. The summed E-state index contributed by atoms with van der Waals surface area (Å²) in [5.74, 6) is 0.196. The fourth-order valence-electron chi connectivity index (χ4n) is 3.36. The van der Waals surface area contributed by atoms with Gasteiger partial charge in [-0.3, -0.25) is 14.5 Å². The van der Waals surface area contributed by atoms with Crippen molar-refractivity contribution in [1.29, 1.82) is 0 Å². The zero-order valence-electron chi connectivity index (χ0n) is 16.8. The molecular formula is C21H33N3O2. The summed E-state index contributed by atoms with van der Waals surface area (Å²) in [6, 6.07) is 7.87. The van der Waals surface area contributed by atoms with Crippen molar-refractivity contribution < 1.29 is 9.59 Å². The number of benzene rings is 1. The molecule has 0 bridgehead atoms. The van der Waals surface area contributed by atoms with E-state index in [1.54, 1.807) is 0 Å². The van der Waals surface area contributed by atoms with Gasteiger partial charge in [-0.05, 0) is 36.6 Å². The minimum absolute atomic E-state index is 0.0175. The van der Waals surface area contributed by atoms with E-state index in [2.05, 4.69) is 24.1 Å². The molecule has 1 N–H and O–H groups in total. The van der Waals surface area contributed by atoms with E-state index in [0.29, 0.717) is 12.8 Å². The first kappa shape index (κ1) is 20.4. The van der Waals surface area contributed by atoms with Gasteiger partial charge in [-0.15, -0.1) is 0 Å². The molecule has 1 atom stereocenters. The lowest BCUT2D eigenvalue weighted by molar-refractivity contribution is -0.134. The summed E-state index contributed by atoms with van der Waals surface area (Å²) in [5.41, 5.74) is 1.73. The summed E-state index contributed by atoms with van der Waals surface area (Å²) >= 11 is 0. The average molecular weight is 360 g/mol. The summed E-state index contributed by atoms with van der Waals surface area (Å²) in [4.78, 5) is 29.0. The molecule has 26 heavy (non-hydrogen) atoms. The Hall–Kier alpha value is -1.88. The summed E-state index contributed by atoms with van der Waals surface area (Å²) in [6.45, 7) is 14.1. The van der Waals surface area contributed by atoms with Crippen molar-refractivity contribution in [2.45, 2.75) is 53.5 Å². The fraction of sp³-hybridized carbons (Fsp3) is 0.619. The van der Waals surface area contributed by atoms with Crippen LogP contribution in [0.5, 0.6) is 0 Å². The van der Waals surface area contributed by atoms with Gasteiger partial charge < -0.3 is 10.2 Å². The molecule has 144 valence electrons. The van der Waals surface area contributed by atoms with Crippen molar-refractivity contribution in [2.75, 3.05) is 31.5 Å². The highest BCUT2D eigenvalue weighted by Gasteiger charge is 2.26. The van der Waals surface area contributed by atoms with Gasteiger partial charge in [-0.2, -0.15) is 0 Å². The Morgan fingerprint density at radius 2 is 1.81 bits per heavy atom. The summed E-state index contributed by atoms with van der Waals surface area (Å²) in [7, 11) is 0. The molecular weight excluding hydrogens is 326 g/mol. The van der Waals surface area contributed by atoms with Gasteiger partial charge in [-0.25, -0.2) is 0 Å². The zero-order valence-corrected chi connectivity index (χ0v) is 16.8. The molecule has 1 aliphatic rings. The van der Waals surface area contributed by atoms with Gasteiger partial charge in [0.1, 0.15) is 0 Å². The van der Waals surface area contributed by atoms with E-state index in [1.807, 2.05) is 49.9 Å². The van der Waals surface area contributed by atoms with E-state index in [1.165, 1.54) is 0 Å². The van der Waals surface area contributed by atoms with Crippen molar-refractivity contribution in [3.8, 4) is 0 Å². The van der Waals surface area contributed by atoms with Crippen LogP contribution in [0.1, 0.15) is 46.6 Å². The predicted octanol–water partition coefficient (Wildman–Crippen LogP) is 3.16. The first-order chi connectivity index (χ1) is 12.2. The van der Waals surface area contributed by atoms with Crippen LogP contribution in [-0.2, 0) is 16.0 Å². The van der Waals surface area contributed by atoms with E-state index in [0.717, 1.165) is 37.4 Å². The van der Waals surface area contributed by atoms with Crippen LogP contribution >= 0.6 is 0 Å². The smallest absolute Gasteiger partial charge is 0.227 e. The van der Waals surface area contributed by atoms with E-state index in [-0.39, 0.29) is 23.3 Å². The first-order valence-corrected chi connectivity index (χ1v) is 9.58. The van der Waals surface area contributed by atoms with Crippen LogP contribution in [-0.4, -0.2) is 53.8 Å². The second-order valence-corrected chi connectivity index (χ2v) is 8.49. The molecule has 0 aromatic heterocycles. The summed E-state index contributed by atoms with van der Waals surface area (Å²) in [5, 5.41) is 2.92. The topological polar surface area (TPSA) is 52.6 Å². The van der Waals surface area contributed by atoms with Crippen molar-refractivity contribution in [3.63, 3.8) is 0 Å². The molecule has 1 saturated heterocycles. The number of nitrogens with zero attached hydrogens (tertiary/aromatic N) is 2. The van der Waals surface area contributed by atoms with Gasteiger partial charge in [0.25, 0.3) is 0 Å². The Labute approximate surface area is 157 Å². The molecule has 0 aliphatic carbocycles. The highest BCUT2D eigenvalue weighted by molar-refractivity contribution is 5.91. The molecule has 1 fully saturated rings. The molecule has 2 rings (SSSR count). The van der Waals surface area contributed by atoms with Crippen molar-refractivity contribution in [3.05, 3.63) is 29.8 Å². The number of amides is 2. The number of carbonyl (C=O) groups excluding carboxylic acids is 2. The lowest BCUT2D eigenvalue weighted by Crippen LogP contribution is -2.54. The minimum Gasteiger partial charge on any atom is -0.337 e. The van der Waals surface area contributed by atoms with Gasteiger partial charge in [0.15, 0.2) is 0 Å². The van der Waals surface area contributed by atoms with Crippen LogP contribution in [0.25, 0.3) is 0 Å². The number of carbonyl (C=O) groups is 2. The normalized spacial score (nSPS) is 18.7. The SMILES string of the molecule is CCN1CCN(C(=O)Cc2ccc(NC(=O)CC(C)(C)C)cc2)C(C)C1. The largest absolute Gasteiger partial charge is 0.337 e. The number of nitrogens with one attached hydrogen (secondary N) is 1. The number of anilines is 1. The third kappa shape index (κ3) is 6.13. The molecule has 1 heterocycles. The highest BCUT2D eigenvalue weighted by Crippen LogP contribution is 2.20. The van der Waals surface area contributed by atoms with Crippen molar-refractivity contribution in [1.82, 2.24) is 9.80 Å². The van der Waals surface area contributed by atoms with Crippen LogP contribution in [0.4, 0.5) is 5.69 Å². The number of hydrogen-bond acceptors (Lipinski definition) is 3. The lowest BCUT2D eigenvalue weighted by Gasteiger charge is -2.39. The van der Waals surface area contributed by atoms with Crippen LogP contribution in [0.2, 0.25) is 0 Å². The second kappa shape index (κ2) is 8.67. The molecule has 1 unspecified atom stereocenters. The van der Waals surface area contributed by atoms with Gasteiger partial charge in [0, 0.05) is 37.8 Å². The molecule has 0 saturated carbocycles. The standard InChI is InChI=1S/C21H33N3O2/c1-6-23-11-12-24(16(2)15-23)20(26)13-17-7-9-18(10-8-17)22-19(25)14-21(3,4)5/h7-10,16H,6,11-15H2,1-5H3,(H,22,25).